The fourth-order valence-electron chi connectivity index (χ4n) is 5.41. The zero-order valence-electron chi connectivity index (χ0n) is 20.7. The molecular formula is C33H30N2. The van der Waals surface area contributed by atoms with Crippen molar-refractivity contribution >= 4 is 62.1 Å². The van der Waals surface area contributed by atoms with Gasteiger partial charge >= 0.3 is 0 Å². The number of hydrogen-bond acceptors (Lipinski definition) is 2. The van der Waals surface area contributed by atoms with Gasteiger partial charge in [-0.15, -0.1) is 0 Å². The van der Waals surface area contributed by atoms with Gasteiger partial charge in [-0.25, -0.2) is 0 Å². The highest BCUT2D eigenvalue weighted by Crippen LogP contribution is 2.44. The van der Waals surface area contributed by atoms with Gasteiger partial charge in [0.1, 0.15) is 0 Å². The standard InChI is InChI=1S/C33H30N2/c1-7-23-18-19-25(21(2)3)30-22(4)16-17-24(31(23)30)20-35(6)33-29-15-11-9-13-27(29)26-12-8-10-14-28(26)32(33)34-5/h7-19H,1-2,5,20H2,3-4,6H3. The molecule has 172 valence electrons. The summed E-state index contributed by atoms with van der Waals surface area (Å²) in [6, 6.07) is 25.8. The van der Waals surface area contributed by atoms with Gasteiger partial charge in [0.05, 0.1) is 11.4 Å². The molecule has 0 radical (unpaired) electrons. The second-order valence-corrected chi connectivity index (χ2v) is 9.28. The quantitative estimate of drug-likeness (QED) is 0.184. The van der Waals surface area contributed by atoms with Gasteiger partial charge in [-0.3, -0.25) is 4.99 Å². The third kappa shape index (κ3) is 3.63. The zero-order chi connectivity index (χ0) is 24.7. The van der Waals surface area contributed by atoms with Crippen LogP contribution in [-0.2, 0) is 6.54 Å². The van der Waals surface area contributed by atoms with Crippen LogP contribution >= 0.6 is 0 Å². The first-order valence-electron chi connectivity index (χ1n) is 11.9. The minimum absolute atomic E-state index is 0.724. The van der Waals surface area contributed by atoms with E-state index in [-0.39, 0.29) is 0 Å². The molecule has 0 atom stereocenters. The Kier molecular flexibility index (Phi) is 5.74. The lowest BCUT2D eigenvalue weighted by atomic mass is 9.89. The summed E-state index contributed by atoms with van der Waals surface area (Å²) in [6.07, 6.45) is 1.95. The molecule has 5 aromatic carbocycles. The van der Waals surface area contributed by atoms with Crippen LogP contribution in [0.4, 0.5) is 11.4 Å². The summed E-state index contributed by atoms with van der Waals surface area (Å²) in [5.41, 5.74) is 7.91. The fourth-order valence-corrected chi connectivity index (χ4v) is 5.41. The minimum Gasteiger partial charge on any atom is -0.368 e. The van der Waals surface area contributed by atoms with E-state index < -0.39 is 0 Å². The Morgan fingerprint density at radius 3 is 2.11 bits per heavy atom. The van der Waals surface area contributed by atoms with Crippen molar-refractivity contribution in [2.24, 2.45) is 4.99 Å². The second-order valence-electron chi connectivity index (χ2n) is 9.28. The Hall–Kier alpha value is -4.17. The first-order chi connectivity index (χ1) is 17.0. The van der Waals surface area contributed by atoms with Gasteiger partial charge in [0.2, 0.25) is 0 Å². The SMILES string of the molecule is C=Cc1ccc(C(=C)C)c2c(C)ccc(CN(C)c3c(N=C)c4ccccc4c4ccccc34)c12. The van der Waals surface area contributed by atoms with Crippen molar-refractivity contribution in [2.75, 3.05) is 11.9 Å². The molecule has 5 aromatic rings. The van der Waals surface area contributed by atoms with Crippen molar-refractivity contribution in [3.8, 4) is 0 Å². The lowest BCUT2D eigenvalue weighted by Gasteiger charge is -2.26. The van der Waals surface area contributed by atoms with Gasteiger partial charge in [-0.2, -0.15) is 0 Å². The third-order valence-corrected chi connectivity index (χ3v) is 6.99. The molecule has 2 nitrogen and oxygen atoms in total. The van der Waals surface area contributed by atoms with Crippen LogP contribution in [0.25, 0.3) is 44.0 Å². The normalized spacial score (nSPS) is 11.2. The molecule has 35 heavy (non-hydrogen) atoms. The molecule has 0 N–H and O–H groups in total. The number of aliphatic imine (C=N–C) groups is 1. The van der Waals surface area contributed by atoms with Crippen LogP contribution < -0.4 is 4.90 Å². The van der Waals surface area contributed by atoms with E-state index in [9.17, 15) is 0 Å². The average molecular weight is 455 g/mol. The number of benzene rings is 5. The molecule has 0 amide bonds. The van der Waals surface area contributed by atoms with E-state index in [2.05, 4.69) is 123 Å². The van der Waals surface area contributed by atoms with Crippen molar-refractivity contribution in [3.63, 3.8) is 0 Å². The van der Waals surface area contributed by atoms with Crippen molar-refractivity contribution in [1.82, 2.24) is 0 Å². The number of aryl methyl sites for hydroxylation is 1. The van der Waals surface area contributed by atoms with Crippen LogP contribution in [0.15, 0.2) is 90.9 Å². The summed E-state index contributed by atoms with van der Waals surface area (Å²) < 4.78 is 0. The first-order valence-corrected chi connectivity index (χ1v) is 11.9. The van der Waals surface area contributed by atoms with E-state index in [0.717, 1.165) is 34.4 Å². The molecule has 0 heterocycles. The smallest absolute Gasteiger partial charge is 0.0940 e. The molecule has 2 heteroatoms. The van der Waals surface area contributed by atoms with Crippen LogP contribution in [0.2, 0.25) is 0 Å². The van der Waals surface area contributed by atoms with Gasteiger partial charge in [0.15, 0.2) is 0 Å². The molecule has 0 fully saturated rings. The molecule has 0 spiro atoms. The van der Waals surface area contributed by atoms with Crippen molar-refractivity contribution < 1.29 is 0 Å². The highest BCUT2D eigenvalue weighted by molar-refractivity contribution is 6.19. The van der Waals surface area contributed by atoms with E-state index >= 15 is 0 Å². The summed E-state index contributed by atoms with van der Waals surface area (Å²) >= 11 is 0. The number of anilines is 1. The Labute approximate surface area is 207 Å². The number of rotatable bonds is 6. The van der Waals surface area contributed by atoms with Crippen LogP contribution in [0.5, 0.6) is 0 Å². The van der Waals surface area contributed by atoms with Crippen molar-refractivity contribution in [3.05, 3.63) is 108 Å². The molecule has 0 bridgehead atoms. The molecule has 0 aromatic heterocycles. The molecule has 0 aliphatic rings. The molecule has 0 aliphatic heterocycles. The fraction of sp³-hybridized carbons (Fsp3) is 0.121. The van der Waals surface area contributed by atoms with Crippen molar-refractivity contribution in [2.45, 2.75) is 20.4 Å². The van der Waals surface area contributed by atoms with Gasteiger partial charge < -0.3 is 4.90 Å². The Balaban J connectivity index is 1.77. The summed E-state index contributed by atoms with van der Waals surface area (Å²) in [4.78, 5) is 6.85. The molecule has 5 rings (SSSR count). The molecule has 0 unspecified atom stereocenters. The average Bonchev–Trinajstić information content (AvgIpc) is 2.88. The highest BCUT2D eigenvalue weighted by atomic mass is 15.1. The Bertz CT molecular complexity index is 1660. The summed E-state index contributed by atoms with van der Waals surface area (Å²) in [5.74, 6) is 0. The monoisotopic (exact) mass is 454 g/mol. The highest BCUT2D eigenvalue weighted by Gasteiger charge is 2.19. The predicted octanol–water partition coefficient (Wildman–Crippen LogP) is 9.10. The maximum Gasteiger partial charge on any atom is 0.0940 e. The van der Waals surface area contributed by atoms with Gasteiger partial charge in [0.25, 0.3) is 0 Å². The number of fused-ring (bicyclic) bond motifs is 4. The van der Waals surface area contributed by atoms with Crippen LogP contribution in [0.3, 0.4) is 0 Å². The zero-order valence-corrected chi connectivity index (χ0v) is 20.7. The van der Waals surface area contributed by atoms with Crippen LogP contribution in [0, 0.1) is 6.92 Å². The van der Waals surface area contributed by atoms with E-state index in [1.54, 1.807) is 0 Å². The van der Waals surface area contributed by atoms with Gasteiger partial charge in [-0.05, 0) is 64.4 Å². The molecule has 0 aliphatic carbocycles. The minimum atomic E-state index is 0.724. The van der Waals surface area contributed by atoms with E-state index in [4.69, 9.17) is 0 Å². The lowest BCUT2D eigenvalue weighted by Crippen LogP contribution is -2.17. The predicted molar refractivity (Wildman–Crippen MR) is 156 cm³/mol. The first kappa shape index (κ1) is 22.6. The maximum atomic E-state index is 4.54. The Morgan fingerprint density at radius 2 is 1.49 bits per heavy atom. The summed E-state index contributed by atoms with van der Waals surface area (Å²) in [6.45, 7) is 17.3. The largest absolute Gasteiger partial charge is 0.368 e. The van der Waals surface area contributed by atoms with Crippen molar-refractivity contribution in [1.29, 1.82) is 0 Å². The molecule has 0 saturated heterocycles. The third-order valence-electron chi connectivity index (χ3n) is 6.99. The second kappa shape index (κ2) is 8.88. The van der Waals surface area contributed by atoms with Gasteiger partial charge in [0, 0.05) is 24.4 Å². The lowest BCUT2D eigenvalue weighted by molar-refractivity contribution is 0.936. The van der Waals surface area contributed by atoms with Crippen LogP contribution in [-0.4, -0.2) is 13.8 Å². The molecular weight excluding hydrogens is 424 g/mol. The number of nitrogens with zero attached hydrogens (tertiary/aromatic N) is 2. The van der Waals surface area contributed by atoms with E-state index in [1.165, 1.54) is 43.6 Å². The van der Waals surface area contributed by atoms with E-state index in [1.807, 2.05) is 6.08 Å². The Morgan fingerprint density at radius 1 is 0.857 bits per heavy atom. The van der Waals surface area contributed by atoms with E-state index in [0.29, 0.717) is 0 Å². The van der Waals surface area contributed by atoms with Crippen LogP contribution in [0.1, 0.15) is 29.2 Å². The maximum absolute atomic E-state index is 4.54. The number of hydrogen-bond donors (Lipinski definition) is 0. The van der Waals surface area contributed by atoms with Gasteiger partial charge in [-0.1, -0.05) is 97.6 Å². The number of allylic oxidation sites excluding steroid dienone is 1. The topological polar surface area (TPSA) is 15.6 Å². The summed E-state index contributed by atoms with van der Waals surface area (Å²) in [7, 11) is 2.15. The molecule has 0 saturated carbocycles. The summed E-state index contributed by atoms with van der Waals surface area (Å²) in [5, 5.41) is 7.22.